The molecular formula is C29H52O4V. The molecule has 0 bridgehead atoms. The van der Waals surface area contributed by atoms with Gasteiger partial charge in [0.1, 0.15) is 17.1 Å². The van der Waals surface area contributed by atoms with Crippen LogP contribution in [0.5, 0.6) is 11.5 Å². The maximum absolute atomic E-state index is 10.4. The normalized spacial score (nSPS) is 18.6. The van der Waals surface area contributed by atoms with E-state index in [9.17, 15) is 5.11 Å². The third kappa shape index (κ3) is 10.1. The van der Waals surface area contributed by atoms with E-state index in [4.69, 9.17) is 4.74 Å². The molecule has 1 aliphatic rings. The summed E-state index contributed by atoms with van der Waals surface area (Å²) in [6.07, 6.45) is 14.1. The summed E-state index contributed by atoms with van der Waals surface area (Å²) in [4.78, 5) is 0. The summed E-state index contributed by atoms with van der Waals surface area (Å²) in [7, 11) is 0. The largest absolute Gasteiger partial charge is 2.00 e. The molecule has 3 atom stereocenters. The van der Waals surface area contributed by atoms with Gasteiger partial charge in [0.05, 0.1) is 0 Å². The third-order valence-corrected chi connectivity index (χ3v) is 7.87. The van der Waals surface area contributed by atoms with Gasteiger partial charge in [-0.3, -0.25) is 0 Å². The van der Waals surface area contributed by atoms with Crippen LogP contribution in [-0.4, -0.2) is 16.2 Å². The first-order valence-corrected chi connectivity index (χ1v) is 13.0. The molecule has 0 amide bonds. The third-order valence-electron chi connectivity index (χ3n) is 7.87. The van der Waals surface area contributed by atoms with Crippen molar-refractivity contribution in [2.75, 3.05) is 0 Å². The molecule has 197 valence electrons. The van der Waals surface area contributed by atoms with E-state index >= 15 is 0 Å². The van der Waals surface area contributed by atoms with Crippen molar-refractivity contribution in [1.29, 1.82) is 0 Å². The number of aromatic hydroxyl groups is 1. The molecule has 0 spiro atoms. The number of hydrogen-bond donors (Lipinski definition) is 1. The van der Waals surface area contributed by atoms with E-state index in [0.29, 0.717) is 5.75 Å². The van der Waals surface area contributed by atoms with Crippen LogP contribution in [0.2, 0.25) is 0 Å². The first kappa shape index (κ1) is 35.5. The van der Waals surface area contributed by atoms with E-state index in [-0.39, 0.29) is 35.1 Å². The van der Waals surface area contributed by atoms with Crippen LogP contribution in [0.25, 0.3) is 0 Å². The molecule has 0 saturated carbocycles. The van der Waals surface area contributed by atoms with Crippen LogP contribution in [0.1, 0.15) is 121 Å². The van der Waals surface area contributed by atoms with Crippen LogP contribution in [-0.2, 0) is 30.5 Å². The van der Waals surface area contributed by atoms with E-state index in [0.717, 1.165) is 59.5 Å². The summed E-state index contributed by atoms with van der Waals surface area (Å²) in [5, 5.41) is 10.4. The number of benzene rings is 1. The van der Waals surface area contributed by atoms with Crippen LogP contribution in [0.3, 0.4) is 0 Å². The number of hydrogen-bond acceptors (Lipinski definition) is 2. The number of phenolic OH excluding ortho intramolecular Hbond substituents is 1. The molecule has 0 fully saturated rings. The van der Waals surface area contributed by atoms with Crippen molar-refractivity contribution in [3.8, 4) is 11.5 Å². The van der Waals surface area contributed by atoms with Gasteiger partial charge in [0, 0.05) is 5.56 Å². The second-order valence-electron chi connectivity index (χ2n) is 11.4. The van der Waals surface area contributed by atoms with Gasteiger partial charge in [-0.15, -0.1) is 0 Å². The summed E-state index contributed by atoms with van der Waals surface area (Å²) in [6.45, 7) is 17.9. The van der Waals surface area contributed by atoms with E-state index in [1.807, 2.05) is 13.8 Å². The molecule has 0 unspecified atom stereocenters. The zero-order chi connectivity index (χ0) is 23.2. The van der Waals surface area contributed by atoms with Gasteiger partial charge in [0.15, 0.2) is 0 Å². The van der Waals surface area contributed by atoms with Crippen LogP contribution < -0.4 is 4.74 Å². The molecule has 1 aromatic rings. The molecule has 34 heavy (non-hydrogen) atoms. The standard InChI is InChI=1S/C29H50O2.H2O.O.V/c1-20(2)12-9-13-21(3)14-10-15-22(4)16-11-18-29(8)19-17-26-25(7)27(30)23(5)24(6)28(26)31-29;;;/h20-22,30H,9-19H2,1-8H3;1H2;;/q;;-2;+2/t21-,22-,29-;;;/m1.../s1. The average molecular weight is 516 g/mol. The van der Waals surface area contributed by atoms with E-state index in [2.05, 4.69) is 41.5 Å². The van der Waals surface area contributed by atoms with Gasteiger partial charge in [0.25, 0.3) is 0 Å². The fraction of sp³-hybridized carbons (Fsp3) is 0.793. The average Bonchev–Trinajstić information content (AvgIpc) is 2.70. The molecule has 1 aliphatic heterocycles. The Bertz CT molecular complexity index is 719. The van der Waals surface area contributed by atoms with Gasteiger partial charge in [-0.1, -0.05) is 72.6 Å². The second kappa shape index (κ2) is 16.1. The Morgan fingerprint density at radius 3 is 1.85 bits per heavy atom. The Balaban J connectivity index is 0. The molecule has 1 aromatic carbocycles. The maximum Gasteiger partial charge on any atom is 2.00 e. The summed E-state index contributed by atoms with van der Waals surface area (Å²) in [5.74, 6) is 4.04. The smallest absolute Gasteiger partial charge is 2.00 e. The molecule has 1 heterocycles. The van der Waals surface area contributed by atoms with Crippen molar-refractivity contribution in [1.82, 2.24) is 0 Å². The predicted molar refractivity (Wildman–Crippen MR) is 139 cm³/mol. The van der Waals surface area contributed by atoms with E-state index < -0.39 is 0 Å². The fourth-order valence-electron chi connectivity index (χ4n) is 5.27. The summed E-state index contributed by atoms with van der Waals surface area (Å²) in [5.41, 5.74) is 4.23. The van der Waals surface area contributed by atoms with Crippen LogP contribution in [0, 0.1) is 38.5 Å². The summed E-state index contributed by atoms with van der Waals surface area (Å²) >= 11 is 0. The van der Waals surface area contributed by atoms with Crippen molar-refractivity contribution in [2.45, 2.75) is 132 Å². The summed E-state index contributed by atoms with van der Waals surface area (Å²) in [6, 6.07) is 0. The SMILES string of the molecule is Cc1c(C)c2c(c(C)c1O)CC[C@@](C)(CCC[C@H](C)CCC[C@H](C)CCCC(C)C)O2.O.[O-2].[V+2]. The van der Waals surface area contributed by atoms with Gasteiger partial charge in [0.2, 0.25) is 0 Å². The van der Waals surface area contributed by atoms with Crippen molar-refractivity contribution in [3.05, 3.63) is 22.3 Å². The molecule has 3 N–H and O–H groups in total. The van der Waals surface area contributed by atoms with Crippen LogP contribution in [0.4, 0.5) is 0 Å². The molecular weight excluding hydrogens is 463 g/mol. The Labute approximate surface area is 222 Å². The quantitative estimate of drug-likeness (QED) is 0.307. The number of rotatable bonds is 12. The Morgan fingerprint density at radius 2 is 1.32 bits per heavy atom. The van der Waals surface area contributed by atoms with Gasteiger partial charge >= 0.3 is 18.6 Å². The van der Waals surface area contributed by atoms with Crippen molar-refractivity contribution in [2.24, 2.45) is 17.8 Å². The summed E-state index contributed by atoms with van der Waals surface area (Å²) < 4.78 is 6.60. The molecule has 0 aliphatic carbocycles. The molecule has 5 heteroatoms. The Kier molecular flexibility index (Phi) is 16.8. The van der Waals surface area contributed by atoms with Gasteiger partial charge in [-0.25, -0.2) is 0 Å². The van der Waals surface area contributed by atoms with Gasteiger partial charge < -0.3 is 20.8 Å². The molecule has 0 aromatic heterocycles. The van der Waals surface area contributed by atoms with Crippen LogP contribution in [0.15, 0.2) is 0 Å². The maximum atomic E-state index is 10.4. The first-order valence-electron chi connectivity index (χ1n) is 13.0. The minimum Gasteiger partial charge on any atom is -2.00 e. The van der Waals surface area contributed by atoms with Gasteiger partial charge in [-0.05, 0) is 87.8 Å². The number of fused-ring (bicyclic) bond motifs is 1. The fourth-order valence-corrected chi connectivity index (χ4v) is 5.27. The minimum absolute atomic E-state index is 0. The van der Waals surface area contributed by atoms with Crippen molar-refractivity contribution < 1.29 is 39.4 Å². The molecule has 1 radical (unpaired) electrons. The second-order valence-corrected chi connectivity index (χ2v) is 11.4. The minimum atomic E-state index is -0.0712. The zero-order valence-electron chi connectivity index (χ0n) is 23.2. The zero-order valence-corrected chi connectivity index (χ0v) is 24.6. The van der Waals surface area contributed by atoms with Crippen molar-refractivity contribution >= 4 is 0 Å². The van der Waals surface area contributed by atoms with Crippen LogP contribution >= 0.6 is 0 Å². The Morgan fingerprint density at radius 1 is 0.824 bits per heavy atom. The molecule has 4 nitrogen and oxygen atoms in total. The van der Waals surface area contributed by atoms with Gasteiger partial charge in [-0.2, -0.15) is 0 Å². The predicted octanol–water partition coefficient (Wildman–Crippen LogP) is 7.89. The van der Waals surface area contributed by atoms with Crippen molar-refractivity contribution in [3.63, 3.8) is 0 Å². The van der Waals surface area contributed by atoms with E-state index in [1.165, 1.54) is 56.9 Å². The molecule has 2 rings (SSSR count). The number of phenols is 1. The molecule has 0 saturated heterocycles. The Hall–Kier alpha value is -0.676. The number of ether oxygens (including phenoxy) is 1. The first-order chi connectivity index (χ1) is 14.5. The topological polar surface area (TPSA) is 89.5 Å². The van der Waals surface area contributed by atoms with E-state index in [1.54, 1.807) is 0 Å². The monoisotopic (exact) mass is 515 g/mol.